The van der Waals surface area contributed by atoms with Gasteiger partial charge in [0.05, 0.1) is 6.04 Å². The second-order valence-corrected chi connectivity index (χ2v) is 9.59. The van der Waals surface area contributed by atoms with E-state index in [0.29, 0.717) is 32.2 Å². The molecule has 1 aliphatic carbocycles. The molecule has 0 heterocycles. The average molecular weight is 382 g/mol. The van der Waals surface area contributed by atoms with Gasteiger partial charge in [-0.25, -0.2) is 4.79 Å². The molecule has 0 aromatic rings. The summed E-state index contributed by atoms with van der Waals surface area (Å²) in [5, 5.41) is 5.34. The molecular weight excluding hydrogens is 346 g/mol. The van der Waals surface area contributed by atoms with Crippen LogP contribution >= 0.6 is 0 Å². The van der Waals surface area contributed by atoms with E-state index in [1.54, 1.807) is 20.8 Å². The van der Waals surface area contributed by atoms with Crippen molar-refractivity contribution < 1.29 is 19.2 Å². The van der Waals surface area contributed by atoms with Gasteiger partial charge in [0.25, 0.3) is 0 Å². The number of nitrogens with two attached hydrogens (primary N) is 1. The van der Waals surface area contributed by atoms with Crippen LogP contribution in [0.25, 0.3) is 0 Å². The zero-order chi connectivity index (χ0) is 21.0. The van der Waals surface area contributed by atoms with Gasteiger partial charge >= 0.3 is 6.03 Å². The van der Waals surface area contributed by atoms with Crippen LogP contribution in [0.15, 0.2) is 0 Å². The molecule has 1 saturated carbocycles. The van der Waals surface area contributed by atoms with Crippen LogP contribution in [-0.2, 0) is 14.4 Å². The molecule has 7 heteroatoms. The van der Waals surface area contributed by atoms with E-state index < -0.39 is 28.3 Å². The molecule has 0 spiro atoms. The summed E-state index contributed by atoms with van der Waals surface area (Å²) in [5.41, 5.74) is 2.78. The molecule has 4 N–H and O–H groups in total. The van der Waals surface area contributed by atoms with E-state index in [1.807, 2.05) is 20.8 Å². The monoisotopic (exact) mass is 381 g/mol. The highest BCUT2D eigenvalue weighted by Gasteiger charge is 2.54. The van der Waals surface area contributed by atoms with E-state index in [0.717, 1.165) is 6.42 Å². The minimum absolute atomic E-state index is 0.0731. The molecule has 1 rings (SSSR count). The number of urea groups is 1. The van der Waals surface area contributed by atoms with E-state index in [2.05, 4.69) is 10.6 Å². The summed E-state index contributed by atoms with van der Waals surface area (Å²) in [6.07, 6.45) is 2.75. The van der Waals surface area contributed by atoms with E-state index in [1.165, 1.54) is 0 Å². The number of ketones is 2. The van der Waals surface area contributed by atoms with E-state index in [9.17, 15) is 19.2 Å². The van der Waals surface area contributed by atoms with Gasteiger partial charge in [-0.1, -0.05) is 48.0 Å². The lowest BCUT2D eigenvalue weighted by Crippen LogP contribution is -2.58. The number of amides is 3. The number of carbonyl (C=O) groups excluding carboxylic acids is 4. The van der Waals surface area contributed by atoms with Gasteiger partial charge < -0.3 is 16.4 Å². The van der Waals surface area contributed by atoms with E-state index in [-0.39, 0.29) is 17.5 Å². The Morgan fingerprint density at radius 2 is 1.56 bits per heavy atom. The lowest BCUT2D eigenvalue weighted by molar-refractivity contribution is -0.154. The Labute approximate surface area is 162 Å². The number of hydrogen-bond acceptors (Lipinski definition) is 4. The summed E-state index contributed by atoms with van der Waals surface area (Å²) in [7, 11) is 0. The first-order chi connectivity index (χ1) is 12.2. The molecule has 3 amide bonds. The zero-order valence-electron chi connectivity index (χ0n) is 17.5. The number of primary amides is 1. The van der Waals surface area contributed by atoms with Gasteiger partial charge in [0, 0.05) is 17.4 Å². The number of Topliss-reactive ketones (excluding diaryl/α,β-unsaturated/α-hetero) is 2. The van der Waals surface area contributed by atoms with Crippen LogP contribution in [0.3, 0.4) is 0 Å². The van der Waals surface area contributed by atoms with Gasteiger partial charge in [0.2, 0.25) is 5.91 Å². The number of nitrogens with one attached hydrogen (secondary N) is 2. The predicted molar refractivity (Wildman–Crippen MR) is 104 cm³/mol. The maximum atomic E-state index is 13.0. The molecule has 0 saturated heterocycles. The Morgan fingerprint density at radius 3 is 1.93 bits per heavy atom. The molecular formula is C20H35N3O4. The van der Waals surface area contributed by atoms with Crippen molar-refractivity contribution in [2.45, 2.75) is 79.7 Å². The van der Waals surface area contributed by atoms with Crippen molar-refractivity contribution in [2.75, 3.05) is 6.54 Å². The summed E-state index contributed by atoms with van der Waals surface area (Å²) in [5.74, 6) is -0.511. The van der Waals surface area contributed by atoms with Crippen molar-refractivity contribution in [1.82, 2.24) is 10.6 Å². The van der Waals surface area contributed by atoms with Crippen molar-refractivity contribution in [1.29, 1.82) is 0 Å². The number of hydrogen-bond donors (Lipinski definition) is 3. The first kappa shape index (κ1) is 23.1. The predicted octanol–water partition coefficient (Wildman–Crippen LogP) is 2.32. The molecule has 0 bridgehead atoms. The molecule has 0 aliphatic heterocycles. The lowest BCUT2D eigenvalue weighted by Gasteiger charge is -2.43. The summed E-state index contributed by atoms with van der Waals surface area (Å²) >= 11 is 0. The summed E-state index contributed by atoms with van der Waals surface area (Å²) in [4.78, 5) is 49.5. The molecule has 1 atom stereocenters. The van der Waals surface area contributed by atoms with Crippen LogP contribution in [0.2, 0.25) is 0 Å². The normalized spacial score (nSPS) is 17.4. The molecule has 0 radical (unpaired) electrons. The summed E-state index contributed by atoms with van der Waals surface area (Å²) in [6.45, 7) is 11.2. The van der Waals surface area contributed by atoms with Crippen LogP contribution in [0.1, 0.15) is 73.6 Å². The highest BCUT2D eigenvalue weighted by atomic mass is 16.2. The molecule has 1 unspecified atom stereocenters. The first-order valence-electron chi connectivity index (χ1n) is 9.65. The van der Waals surface area contributed by atoms with Crippen LogP contribution in [0.5, 0.6) is 0 Å². The third-order valence-corrected chi connectivity index (χ3v) is 5.09. The van der Waals surface area contributed by atoms with E-state index in [4.69, 9.17) is 5.73 Å². The van der Waals surface area contributed by atoms with Gasteiger partial charge in [-0.15, -0.1) is 0 Å². The maximum Gasteiger partial charge on any atom is 0.312 e. The Hall–Kier alpha value is -1.92. The van der Waals surface area contributed by atoms with Crippen molar-refractivity contribution in [2.24, 2.45) is 22.0 Å². The molecule has 0 aromatic heterocycles. The molecule has 154 valence electrons. The summed E-state index contributed by atoms with van der Waals surface area (Å²) < 4.78 is 0. The van der Waals surface area contributed by atoms with Crippen LogP contribution in [-0.4, -0.2) is 36.1 Å². The minimum atomic E-state index is -1.03. The SMILES string of the molecule is CC(C)(C)C(=O)C(CCCNC(N)=O)NC(=O)C1(C(=O)C(C)(C)C)CCC1. The van der Waals surface area contributed by atoms with Gasteiger partial charge in [0.1, 0.15) is 5.41 Å². The highest BCUT2D eigenvalue weighted by Crippen LogP contribution is 2.46. The Kier molecular flexibility index (Phi) is 7.19. The van der Waals surface area contributed by atoms with Crippen molar-refractivity contribution >= 4 is 23.5 Å². The molecule has 1 fully saturated rings. The van der Waals surface area contributed by atoms with E-state index >= 15 is 0 Å². The Bertz CT molecular complexity index is 595. The van der Waals surface area contributed by atoms with Crippen molar-refractivity contribution in [3.8, 4) is 0 Å². The van der Waals surface area contributed by atoms with Crippen LogP contribution in [0.4, 0.5) is 4.79 Å². The standard InChI is InChI=1S/C20H35N3O4/c1-18(2,3)14(24)13(9-7-12-22-17(21)27)23-16(26)20(10-8-11-20)15(25)19(4,5)6/h13H,7-12H2,1-6H3,(H,23,26)(H3,21,22,27). The topological polar surface area (TPSA) is 118 Å². The fourth-order valence-electron chi connectivity index (χ4n) is 3.41. The molecule has 1 aliphatic rings. The third-order valence-electron chi connectivity index (χ3n) is 5.09. The van der Waals surface area contributed by atoms with Gasteiger partial charge in [-0.2, -0.15) is 0 Å². The maximum absolute atomic E-state index is 13.0. The van der Waals surface area contributed by atoms with Crippen molar-refractivity contribution in [3.63, 3.8) is 0 Å². The van der Waals surface area contributed by atoms with Gasteiger partial charge in [0.15, 0.2) is 11.6 Å². The average Bonchev–Trinajstić information content (AvgIpc) is 2.46. The highest BCUT2D eigenvalue weighted by molar-refractivity contribution is 6.10. The van der Waals surface area contributed by atoms with Gasteiger partial charge in [-0.05, 0) is 25.7 Å². The second-order valence-electron chi connectivity index (χ2n) is 9.59. The first-order valence-corrected chi connectivity index (χ1v) is 9.65. The Morgan fingerprint density at radius 1 is 1.00 bits per heavy atom. The fourth-order valence-corrected chi connectivity index (χ4v) is 3.41. The second kappa shape index (κ2) is 8.40. The van der Waals surface area contributed by atoms with Crippen LogP contribution in [0, 0.1) is 16.2 Å². The Balaban J connectivity index is 2.92. The quantitative estimate of drug-likeness (QED) is 0.441. The fraction of sp³-hybridized carbons (Fsp3) is 0.800. The largest absolute Gasteiger partial charge is 0.352 e. The smallest absolute Gasteiger partial charge is 0.312 e. The zero-order valence-corrected chi connectivity index (χ0v) is 17.5. The molecule has 7 nitrogen and oxygen atoms in total. The van der Waals surface area contributed by atoms with Crippen molar-refractivity contribution in [3.05, 3.63) is 0 Å². The molecule has 27 heavy (non-hydrogen) atoms. The summed E-state index contributed by atoms with van der Waals surface area (Å²) in [6, 6.07) is -1.32. The van der Waals surface area contributed by atoms with Gasteiger partial charge in [-0.3, -0.25) is 14.4 Å². The lowest BCUT2D eigenvalue weighted by atomic mass is 9.60. The number of rotatable bonds is 8. The van der Waals surface area contributed by atoms with Crippen LogP contribution < -0.4 is 16.4 Å². The minimum Gasteiger partial charge on any atom is -0.352 e. The molecule has 0 aromatic carbocycles. The third kappa shape index (κ3) is 5.78. The number of carbonyl (C=O) groups is 4.